The number of nitrogens with one attached hydrogen (secondary N) is 1. The van der Waals surface area contributed by atoms with Crippen LogP contribution >= 0.6 is 0 Å². The SMILES string of the molecule is C=C/C(=C\C)C(/C=C(\NC)c1ccc(C)cc1)C(C)CCCC. The van der Waals surface area contributed by atoms with E-state index in [1.165, 1.54) is 41.7 Å². The first-order valence-corrected chi connectivity index (χ1v) is 8.82. The third-order valence-corrected chi connectivity index (χ3v) is 4.56. The Morgan fingerprint density at radius 2 is 1.91 bits per heavy atom. The van der Waals surface area contributed by atoms with Gasteiger partial charge in [-0.25, -0.2) is 0 Å². The third-order valence-electron chi connectivity index (χ3n) is 4.56. The lowest BCUT2D eigenvalue weighted by atomic mass is 9.82. The molecule has 2 atom stereocenters. The molecular weight excluding hydrogens is 278 g/mol. The fourth-order valence-electron chi connectivity index (χ4n) is 2.98. The van der Waals surface area contributed by atoms with Crippen LogP contribution < -0.4 is 5.32 Å². The molecule has 0 saturated carbocycles. The molecule has 0 spiro atoms. The van der Waals surface area contributed by atoms with Gasteiger partial charge in [0.1, 0.15) is 0 Å². The molecule has 0 aliphatic carbocycles. The van der Waals surface area contributed by atoms with Crippen LogP contribution in [0.25, 0.3) is 5.70 Å². The molecule has 0 aliphatic heterocycles. The number of aryl methyl sites for hydroxylation is 1. The maximum Gasteiger partial charge on any atom is 0.0376 e. The van der Waals surface area contributed by atoms with E-state index in [9.17, 15) is 0 Å². The maximum atomic E-state index is 4.01. The highest BCUT2D eigenvalue weighted by Crippen LogP contribution is 2.30. The first-order valence-electron chi connectivity index (χ1n) is 8.82. The van der Waals surface area contributed by atoms with Gasteiger partial charge in [0.2, 0.25) is 0 Å². The maximum absolute atomic E-state index is 4.01. The van der Waals surface area contributed by atoms with Crippen molar-refractivity contribution in [3.8, 4) is 0 Å². The molecule has 1 nitrogen and oxygen atoms in total. The zero-order valence-corrected chi connectivity index (χ0v) is 15.5. The van der Waals surface area contributed by atoms with Crippen LogP contribution in [0.2, 0.25) is 0 Å². The number of benzene rings is 1. The molecule has 0 fully saturated rings. The minimum absolute atomic E-state index is 0.396. The van der Waals surface area contributed by atoms with Gasteiger partial charge in [0.15, 0.2) is 0 Å². The lowest BCUT2D eigenvalue weighted by molar-refractivity contribution is 0.433. The van der Waals surface area contributed by atoms with E-state index in [4.69, 9.17) is 0 Å². The molecule has 0 amide bonds. The minimum Gasteiger partial charge on any atom is -0.388 e. The Balaban J connectivity index is 3.17. The third kappa shape index (κ3) is 5.74. The Bertz CT molecular complexity index is 534. The summed E-state index contributed by atoms with van der Waals surface area (Å²) in [6, 6.07) is 8.71. The van der Waals surface area contributed by atoms with Crippen LogP contribution in [0, 0.1) is 18.8 Å². The predicted molar refractivity (Wildman–Crippen MR) is 104 cm³/mol. The summed E-state index contributed by atoms with van der Waals surface area (Å²) < 4.78 is 0. The van der Waals surface area contributed by atoms with Crippen molar-refractivity contribution in [1.82, 2.24) is 5.32 Å². The van der Waals surface area contributed by atoms with Gasteiger partial charge < -0.3 is 5.32 Å². The lowest BCUT2D eigenvalue weighted by Gasteiger charge is -2.24. The van der Waals surface area contributed by atoms with Gasteiger partial charge in [0, 0.05) is 18.7 Å². The smallest absolute Gasteiger partial charge is 0.0376 e. The largest absolute Gasteiger partial charge is 0.388 e. The zero-order chi connectivity index (χ0) is 17.2. The second kappa shape index (κ2) is 10.1. The summed E-state index contributed by atoms with van der Waals surface area (Å²) in [5.74, 6) is 1.00. The van der Waals surface area contributed by atoms with E-state index >= 15 is 0 Å². The van der Waals surface area contributed by atoms with E-state index < -0.39 is 0 Å². The average Bonchev–Trinajstić information content (AvgIpc) is 2.57. The quantitative estimate of drug-likeness (QED) is 0.541. The number of hydrogen-bond acceptors (Lipinski definition) is 1. The van der Waals surface area contributed by atoms with Crippen molar-refractivity contribution in [3.63, 3.8) is 0 Å². The molecular formula is C22H33N. The Hall–Kier alpha value is -1.76. The highest BCUT2D eigenvalue weighted by Gasteiger charge is 2.18. The molecule has 126 valence electrons. The molecule has 2 unspecified atom stereocenters. The Morgan fingerprint density at radius 3 is 2.39 bits per heavy atom. The zero-order valence-electron chi connectivity index (χ0n) is 15.5. The second-order valence-electron chi connectivity index (χ2n) is 6.33. The fourth-order valence-corrected chi connectivity index (χ4v) is 2.98. The van der Waals surface area contributed by atoms with Gasteiger partial charge in [-0.1, -0.05) is 81.3 Å². The number of hydrogen-bond donors (Lipinski definition) is 1. The molecule has 0 radical (unpaired) electrons. The van der Waals surface area contributed by atoms with Crippen LogP contribution in [0.3, 0.4) is 0 Å². The molecule has 0 heterocycles. The summed E-state index contributed by atoms with van der Waals surface area (Å²) in [6.07, 6.45) is 10.3. The highest BCUT2D eigenvalue weighted by atomic mass is 14.8. The molecule has 0 aromatic heterocycles. The van der Waals surface area contributed by atoms with E-state index in [1.807, 2.05) is 13.1 Å². The van der Waals surface area contributed by atoms with Crippen molar-refractivity contribution in [3.05, 3.63) is 65.8 Å². The molecule has 1 heteroatoms. The van der Waals surface area contributed by atoms with Gasteiger partial charge in [-0.3, -0.25) is 0 Å². The topological polar surface area (TPSA) is 12.0 Å². The fraction of sp³-hybridized carbons (Fsp3) is 0.455. The van der Waals surface area contributed by atoms with E-state index in [2.05, 4.69) is 76.0 Å². The standard InChI is InChI=1S/C22H33N/c1-7-10-11-18(5)21(19(8-2)9-3)16-22(23-6)20-14-12-17(4)13-15-20/h8-9,12-16,18,21,23H,2,7,10-11H2,1,3-6H3/b19-9+,22-16-. The molecule has 0 aliphatic rings. The van der Waals surface area contributed by atoms with Crippen molar-refractivity contribution >= 4 is 5.70 Å². The van der Waals surface area contributed by atoms with Gasteiger partial charge >= 0.3 is 0 Å². The molecule has 23 heavy (non-hydrogen) atoms. The van der Waals surface area contributed by atoms with Crippen LogP contribution in [0.4, 0.5) is 0 Å². The number of unbranched alkanes of at least 4 members (excludes halogenated alkanes) is 1. The molecule has 1 N–H and O–H groups in total. The highest BCUT2D eigenvalue weighted by molar-refractivity contribution is 5.64. The van der Waals surface area contributed by atoms with Gasteiger partial charge in [0.25, 0.3) is 0 Å². The molecule has 0 bridgehead atoms. The Kier molecular flexibility index (Phi) is 8.47. The monoisotopic (exact) mass is 311 g/mol. The average molecular weight is 312 g/mol. The summed E-state index contributed by atoms with van der Waals surface area (Å²) in [6.45, 7) is 12.9. The normalized spacial score (nSPS) is 15.2. The molecule has 1 rings (SSSR count). The van der Waals surface area contributed by atoms with Crippen molar-refractivity contribution in [2.24, 2.45) is 11.8 Å². The van der Waals surface area contributed by atoms with Crippen LogP contribution in [-0.2, 0) is 0 Å². The van der Waals surface area contributed by atoms with Crippen LogP contribution in [0.15, 0.2) is 54.6 Å². The number of allylic oxidation sites excluding steroid dienone is 4. The molecule has 1 aromatic carbocycles. The minimum atomic E-state index is 0.396. The predicted octanol–water partition coefficient (Wildman–Crippen LogP) is 6.13. The van der Waals surface area contributed by atoms with E-state index in [0.717, 1.165) is 0 Å². The van der Waals surface area contributed by atoms with Crippen molar-refractivity contribution in [2.75, 3.05) is 7.05 Å². The summed E-state index contributed by atoms with van der Waals surface area (Å²) >= 11 is 0. The van der Waals surface area contributed by atoms with E-state index in [1.54, 1.807) is 0 Å². The summed E-state index contributed by atoms with van der Waals surface area (Å²) in [5.41, 5.74) is 5.04. The van der Waals surface area contributed by atoms with E-state index in [-0.39, 0.29) is 0 Å². The van der Waals surface area contributed by atoms with Crippen molar-refractivity contribution < 1.29 is 0 Å². The Morgan fingerprint density at radius 1 is 1.26 bits per heavy atom. The molecule has 0 saturated heterocycles. The summed E-state index contributed by atoms with van der Waals surface area (Å²) in [5, 5.41) is 3.38. The van der Waals surface area contributed by atoms with Crippen LogP contribution in [0.5, 0.6) is 0 Å². The van der Waals surface area contributed by atoms with Gasteiger partial charge in [-0.2, -0.15) is 0 Å². The second-order valence-corrected chi connectivity index (χ2v) is 6.33. The summed E-state index contributed by atoms with van der Waals surface area (Å²) in [4.78, 5) is 0. The molecule has 1 aromatic rings. The summed E-state index contributed by atoms with van der Waals surface area (Å²) in [7, 11) is 2.00. The first-order chi connectivity index (χ1) is 11.1. The Labute approximate surface area is 143 Å². The first kappa shape index (κ1) is 19.3. The van der Waals surface area contributed by atoms with E-state index in [0.29, 0.717) is 11.8 Å². The van der Waals surface area contributed by atoms with Crippen molar-refractivity contribution in [2.45, 2.75) is 47.0 Å². The van der Waals surface area contributed by atoms with Gasteiger partial charge in [0.05, 0.1) is 0 Å². The van der Waals surface area contributed by atoms with Gasteiger partial charge in [-0.05, 0) is 37.3 Å². The van der Waals surface area contributed by atoms with Crippen LogP contribution in [-0.4, -0.2) is 7.05 Å². The van der Waals surface area contributed by atoms with Gasteiger partial charge in [-0.15, -0.1) is 0 Å². The van der Waals surface area contributed by atoms with Crippen molar-refractivity contribution in [1.29, 1.82) is 0 Å². The number of rotatable bonds is 9. The van der Waals surface area contributed by atoms with Crippen LogP contribution in [0.1, 0.15) is 51.2 Å². The lowest BCUT2D eigenvalue weighted by Crippen LogP contribution is -2.15.